The van der Waals surface area contributed by atoms with Crippen molar-refractivity contribution in [3.05, 3.63) is 77.1 Å². The van der Waals surface area contributed by atoms with Gasteiger partial charge in [0, 0.05) is 36.7 Å². The molecular weight excluding hydrogens is 554 g/mol. The van der Waals surface area contributed by atoms with Crippen molar-refractivity contribution in [1.82, 2.24) is 16.0 Å². The normalized spacial score (nSPS) is 18.5. The molecule has 2 aliphatic rings. The van der Waals surface area contributed by atoms with Crippen LogP contribution in [0.4, 0.5) is 5.69 Å². The van der Waals surface area contributed by atoms with Gasteiger partial charge < -0.3 is 31.5 Å². The summed E-state index contributed by atoms with van der Waals surface area (Å²) in [6.07, 6.45) is 3.46. The molecule has 10 nitrogen and oxygen atoms in total. The number of hydrogen-bond acceptors (Lipinski definition) is 8. The fourth-order valence-corrected chi connectivity index (χ4v) is 5.04. The largest absolute Gasteiger partial charge is 0.480 e. The number of rotatable bonds is 14. The molecule has 2 aromatic rings. The van der Waals surface area contributed by atoms with Gasteiger partial charge in [0.15, 0.2) is 0 Å². The first-order chi connectivity index (χ1) is 20.3. The maximum atomic E-state index is 12.2. The summed E-state index contributed by atoms with van der Waals surface area (Å²) in [5.74, 6) is 0.570. The number of anilines is 1. The number of allylic oxidation sites excluding steroid dienone is 1. The van der Waals surface area contributed by atoms with Crippen molar-refractivity contribution in [2.75, 3.05) is 30.1 Å². The fourth-order valence-electron chi connectivity index (χ4n) is 4.10. The predicted octanol–water partition coefficient (Wildman–Crippen LogP) is 3.52. The second-order valence-corrected chi connectivity index (χ2v) is 11.3. The van der Waals surface area contributed by atoms with Gasteiger partial charge >= 0.3 is 5.97 Å². The first-order valence-corrected chi connectivity index (χ1v) is 15.5. The predicted molar refractivity (Wildman–Crippen MR) is 167 cm³/mol. The van der Waals surface area contributed by atoms with Gasteiger partial charge in [0.1, 0.15) is 12.1 Å². The van der Waals surface area contributed by atoms with Gasteiger partial charge in [0.05, 0.1) is 18.5 Å². The smallest absolute Gasteiger partial charge is 0.326 e. The van der Waals surface area contributed by atoms with Crippen LogP contribution in [0.15, 0.2) is 66.0 Å². The van der Waals surface area contributed by atoms with Crippen LogP contribution in [0.3, 0.4) is 0 Å². The summed E-state index contributed by atoms with van der Waals surface area (Å²) in [5.41, 5.74) is 9.75. The number of ether oxygens (including phenoxy) is 1. The summed E-state index contributed by atoms with van der Waals surface area (Å²) in [6.45, 7) is 5.68. The molecule has 0 radical (unpaired) electrons. The van der Waals surface area contributed by atoms with Crippen LogP contribution >= 0.6 is 11.8 Å². The summed E-state index contributed by atoms with van der Waals surface area (Å²) in [6, 6.07) is 15.9. The molecule has 2 fully saturated rings. The number of thioether (sulfide) groups is 1. The topological polar surface area (TPSA) is 158 Å². The zero-order chi connectivity index (χ0) is 30.3. The minimum absolute atomic E-state index is 0.0754. The number of hydrogen-bond donors (Lipinski definition) is 6. The van der Waals surface area contributed by atoms with E-state index in [2.05, 4.69) is 40.3 Å². The molecule has 0 aliphatic carbocycles. The lowest BCUT2D eigenvalue weighted by molar-refractivity contribution is -0.142. The van der Waals surface area contributed by atoms with Crippen LogP contribution in [0.1, 0.15) is 56.8 Å². The summed E-state index contributed by atoms with van der Waals surface area (Å²) >= 11 is 1.60. The third-order valence-electron chi connectivity index (χ3n) is 6.97. The van der Waals surface area contributed by atoms with Gasteiger partial charge in [-0.05, 0) is 55.0 Å². The van der Waals surface area contributed by atoms with Crippen LogP contribution < -0.4 is 27.0 Å². The number of carboxylic acid groups (broad SMARTS) is 1. The van der Waals surface area contributed by atoms with Crippen LogP contribution in [0.5, 0.6) is 0 Å². The molecule has 3 atom stereocenters. The highest BCUT2D eigenvalue weighted by atomic mass is 32.2. The Labute approximate surface area is 252 Å². The second kappa shape index (κ2) is 17.4. The minimum Gasteiger partial charge on any atom is -0.480 e. The molecule has 2 saturated heterocycles. The summed E-state index contributed by atoms with van der Waals surface area (Å²) in [7, 11) is 0. The third kappa shape index (κ3) is 11.8. The first-order valence-electron chi connectivity index (χ1n) is 14.4. The second-order valence-electron chi connectivity index (χ2n) is 10.3. The Morgan fingerprint density at radius 3 is 2.43 bits per heavy atom. The number of amides is 2. The van der Waals surface area contributed by atoms with Crippen LogP contribution in [0.2, 0.25) is 0 Å². The van der Waals surface area contributed by atoms with Gasteiger partial charge in [0.2, 0.25) is 11.8 Å². The van der Waals surface area contributed by atoms with Gasteiger partial charge in [-0.15, -0.1) is 11.8 Å². The average molecular weight is 598 g/mol. The van der Waals surface area contributed by atoms with Crippen molar-refractivity contribution >= 4 is 35.2 Å². The van der Waals surface area contributed by atoms with Crippen LogP contribution in [-0.4, -0.2) is 59.8 Å². The SMILES string of the molecule is CCC(C)=C(N)NCCCCC(=O)Nc1ccc(CC(NC(=O)C2CSCN2)C(=O)O)cc1.c1ccc(C2CO2)cc1. The molecule has 11 heteroatoms. The van der Waals surface area contributed by atoms with Crippen LogP contribution in [0, 0.1) is 0 Å². The Morgan fingerprint density at radius 2 is 1.83 bits per heavy atom. The highest BCUT2D eigenvalue weighted by Crippen LogP contribution is 2.28. The van der Waals surface area contributed by atoms with E-state index in [0.29, 0.717) is 35.7 Å². The first kappa shape index (κ1) is 33.0. The van der Waals surface area contributed by atoms with E-state index in [9.17, 15) is 19.5 Å². The number of aliphatic carboxylic acids is 1. The molecule has 4 rings (SSSR count). The lowest BCUT2D eigenvalue weighted by Crippen LogP contribution is -2.50. The van der Waals surface area contributed by atoms with E-state index in [1.165, 1.54) is 5.56 Å². The fraction of sp³-hybridized carbons (Fsp3) is 0.452. The van der Waals surface area contributed by atoms with Gasteiger partial charge in [-0.1, -0.05) is 49.4 Å². The molecular formula is C31H43N5O5S. The van der Waals surface area contributed by atoms with Gasteiger partial charge in [0.25, 0.3) is 0 Å². The molecule has 0 bridgehead atoms. The van der Waals surface area contributed by atoms with Crippen molar-refractivity contribution in [3.63, 3.8) is 0 Å². The molecule has 2 amide bonds. The zero-order valence-corrected chi connectivity index (χ0v) is 25.2. The number of nitrogens with one attached hydrogen (secondary N) is 4. The summed E-state index contributed by atoms with van der Waals surface area (Å²) in [4.78, 5) is 36.0. The Balaban J connectivity index is 0.000000449. The van der Waals surface area contributed by atoms with Crippen molar-refractivity contribution in [1.29, 1.82) is 0 Å². The Morgan fingerprint density at radius 1 is 1.12 bits per heavy atom. The molecule has 3 unspecified atom stereocenters. The third-order valence-corrected chi connectivity index (χ3v) is 7.91. The lowest BCUT2D eigenvalue weighted by Gasteiger charge is -2.17. The molecule has 0 aromatic heterocycles. The number of unbranched alkanes of at least 4 members (excludes halogenated alkanes) is 1. The molecule has 228 valence electrons. The molecule has 2 aromatic carbocycles. The zero-order valence-electron chi connectivity index (χ0n) is 24.4. The van der Waals surface area contributed by atoms with E-state index in [1.807, 2.05) is 25.1 Å². The van der Waals surface area contributed by atoms with Gasteiger partial charge in [-0.25, -0.2) is 4.79 Å². The Bertz CT molecular complexity index is 1180. The van der Waals surface area contributed by atoms with E-state index in [-0.39, 0.29) is 24.3 Å². The number of carbonyl (C=O) groups is 3. The van der Waals surface area contributed by atoms with Crippen molar-refractivity contribution < 1.29 is 24.2 Å². The lowest BCUT2D eigenvalue weighted by atomic mass is 10.0. The van der Waals surface area contributed by atoms with Crippen LogP contribution in [0.25, 0.3) is 0 Å². The minimum atomic E-state index is -1.08. The summed E-state index contributed by atoms with van der Waals surface area (Å²) in [5, 5.41) is 21.1. The van der Waals surface area contributed by atoms with Gasteiger partial charge in [-0.2, -0.15) is 0 Å². The summed E-state index contributed by atoms with van der Waals surface area (Å²) < 4.78 is 5.09. The molecule has 0 saturated carbocycles. The van der Waals surface area contributed by atoms with E-state index in [0.717, 1.165) is 43.6 Å². The Hall–Kier alpha value is -3.54. The van der Waals surface area contributed by atoms with E-state index in [4.69, 9.17) is 10.5 Å². The number of carbonyl (C=O) groups excluding carboxylic acids is 2. The number of benzene rings is 2. The van der Waals surface area contributed by atoms with E-state index >= 15 is 0 Å². The monoisotopic (exact) mass is 597 g/mol. The molecule has 2 heterocycles. The van der Waals surface area contributed by atoms with E-state index in [1.54, 1.807) is 36.0 Å². The standard InChI is InChI=1S/C23H35N5O4S.C8H8O/c1-3-15(2)21(24)25-11-5-4-6-20(29)27-17-9-7-16(8-10-17)12-18(23(31)32)28-22(30)19-13-33-14-26-19;1-2-4-7(5-3-1)8-6-9-8/h7-10,18-19,25-26H,3-6,11-14,24H2,1-2H3,(H,27,29)(H,28,30)(H,31,32);1-5,8H,6H2. The molecule has 2 aliphatic heterocycles. The number of nitrogens with two attached hydrogens (primary N) is 1. The molecule has 0 spiro atoms. The highest BCUT2D eigenvalue weighted by Gasteiger charge is 2.27. The highest BCUT2D eigenvalue weighted by molar-refractivity contribution is 7.99. The van der Waals surface area contributed by atoms with E-state index < -0.39 is 12.0 Å². The molecule has 42 heavy (non-hydrogen) atoms. The van der Waals surface area contributed by atoms with Crippen LogP contribution in [-0.2, 0) is 25.5 Å². The number of carboxylic acids is 1. The average Bonchev–Trinajstić information content (AvgIpc) is 3.70. The van der Waals surface area contributed by atoms with Gasteiger partial charge in [-0.3, -0.25) is 14.9 Å². The maximum absolute atomic E-state index is 12.2. The van der Waals surface area contributed by atoms with Crippen molar-refractivity contribution in [2.45, 2.75) is 64.1 Å². The quantitative estimate of drug-likeness (QED) is 0.142. The Kier molecular flexibility index (Phi) is 13.7. The van der Waals surface area contributed by atoms with Crippen molar-refractivity contribution in [2.24, 2.45) is 5.73 Å². The molecule has 7 N–H and O–H groups in total. The number of epoxide rings is 1. The maximum Gasteiger partial charge on any atom is 0.326 e. The van der Waals surface area contributed by atoms with Crippen molar-refractivity contribution in [3.8, 4) is 0 Å².